The molecule has 1 aromatic rings. The van der Waals surface area contributed by atoms with Crippen LogP contribution in [0.3, 0.4) is 0 Å². The molecule has 6 nitrogen and oxygen atoms in total. The molecule has 1 aromatic carbocycles. The number of nitriles is 3. The monoisotopic (exact) mass is 254 g/mol. The Morgan fingerprint density at radius 2 is 1.47 bits per heavy atom. The molecule has 0 saturated carbocycles. The van der Waals surface area contributed by atoms with Gasteiger partial charge in [-0.15, -0.1) is 0 Å². The molecule has 0 fully saturated rings. The molecular formula is C13H10N4O2. The molecule has 0 aliphatic rings. The maximum Gasteiger partial charge on any atom is 0.163 e. The normalized spacial score (nSPS) is 8.37. The van der Waals surface area contributed by atoms with Gasteiger partial charge in [-0.25, -0.2) is 0 Å². The van der Waals surface area contributed by atoms with E-state index < -0.39 is 0 Å². The highest BCUT2D eigenvalue weighted by atomic mass is 16.5. The molecule has 0 amide bonds. The van der Waals surface area contributed by atoms with Crippen LogP contribution in [0.4, 0.5) is 5.69 Å². The molecule has 0 spiro atoms. The van der Waals surface area contributed by atoms with Crippen LogP contribution in [0.5, 0.6) is 11.5 Å². The maximum absolute atomic E-state index is 8.94. The largest absolute Gasteiger partial charge is 0.497 e. The van der Waals surface area contributed by atoms with Crippen LogP contribution in [-0.2, 0) is 0 Å². The Hall–Kier alpha value is -3.17. The van der Waals surface area contributed by atoms with Crippen molar-refractivity contribution in [3.05, 3.63) is 29.5 Å². The molecule has 0 atom stereocenters. The molecule has 0 saturated heterocycles. The third kappa shape index (κ3) is 3.39. The second-order valence-electron chi connectivity index (χ2n) is 3.31. The van der Waals surface area contributed by atoms with Crippen molar-refractivity contribution in [2.75, 3.05) is 19.5 Å². The Morgan fingerprint density at radius 1 is 0.947 bits per heavy atom. The first-order valence-electron chi connectivity index (χ1n) is 5.13. The highest BCUT2D eigenvalue weighted by Gasteiger charge is 2.08. The fraction of sp³-hybridized carbons (Fsp3) is 0.154. The molecule has 0 aromatic heterocycles. The fourth-order valence-electron chi connectivity index (χ4n) is 1.31. The number of nitrogens with one attached hydrogen (secondary N) is 1. The number of hydrogen-bond donors (Lipinski definition) is 1. The molecule has 1 rings (SSSR count). The molecule has 0 radical (unpaired) electrons. The summed E-state index contributed by atoms with van der Waals surface area (Å²) in [5, 5.41) is 29.1. The Balaban J connectivity index is 3.20. The van der Waals surface area contributed by atoms with E-state index in [4.69, 9.17) is 25.3 Å². The number of hydrogen-bond acceptors (Lipinski definition) is 6. The number of anilines is 1. The quantitative estimate of drug-likeness (QED) is 0.824. The standard InChI is InChI=1S/C13H10N4O2/c1-18-11-3-10(4-12(5-11)19-2)17-13(8-16)9(6-14)7-15/h3-5,17H,1-2H3. The first-order valence-corrected chi connectivity index (χ1v) is 5.13. The molecule has 0 aliphatic heterocycles. The number of nitrogens with zero attached hydrogens (tertiary/aromatic N) is 3. The first kappa shape index (κ1) is 13.9. The third-order valence-electron chi connectivity index (χ3n) is 2.21. The minimum atomic E-state index is -0.288. The summed E-state index contributed by atoms with van der Waals surface area (Å²) in [7, 11) is 2.99. The van der Waals surface area contributed by atoms with Gasteiger partial charge in [0.2, 0.25) is 0 Å². The summed E-state index contributed by atoms with van der Waals surface area (Å²) in [6.07, 6.45) is 0. The molecule has 0 unspecified atom stereocenters. The predicted molar refractivity (Wildman–Crippen MR) is 67.0 cm³/mol. The topological polar surface area (TPSA) is 102 Å². The Bertz CT molecular complexity index is 591. The highest BCUT2D eigenvalue weighted by Crippen LogP contribution is 2.26. The second kappa shape index (κ2) is 6.54. The van der Waals surface area contributed by atoms with E-state index in [2.05, 4.69) is 5.32 Å². The van der Waals surface area contributed by atoms with Crippen LogP contribution >= 0.6 is 0 Å². The zero-order valence-electron chi connectivity index (χ0n) is 10.4. The van der Waals surface area contributed by atoms with Crippen molar-refractivity contribution in [3.63, 3.8) is 0 Å². The maximum atomic E-state index is 8.94. The summed E-state index contributed by atoms with van der Waals surface area (Å²) in [5.74, 6) is 1.05. The summed E-state index contributed by atoms with van der Waals surface area (Å²) < 4.78 is 10.2. The summed E-state index contributed by atoms with van der Waals surface area (Å²) in [5.41, 5.74) is 0.0698. The van der Waals surface area contributed by atoms with Crippen molar-refractivity contribution in [1.82, 2.24) is 0 Å². The van der Waals surface area contributed by atoms with Crippen LogP contribution < -0.4 is 14.8 Å². The van der Waals surface area contributed by atoms with E-state index in [0.717, 1.165) is 0 Å². The van der Waals surface area contributed by atoms with Gasteiger partial charge in [-0.3, -0.25) is 0 Å². The van der Waals surface area contributed by atoms with E-state index in [0.29, 0.717) is 17.2 Å². The SMILES string of the molecule is COc1cc(NC(C#N)=C(C#N)C#N)cc(OC)c1. The lowest BCUT2D eigenvalue weighted by atomic mass is 10.2. The third-order valence-corrected chi connectivity index (χ3v) is 2.21. The van der Waals surface area contributed by atoms with Crippen molar-refractivity contribution < 1.29 is 9.47 Å². The van der Waals surface area contributed by atoms with Crippen molar-refractivity contribution in [2.45, 2.75) is 0 Å². The van der Waals surface area contributed by atoms with Crippen LogP contribution in [0.25, 0.3) is 0 Å². The van der Waals surface area contributed by atoms with Crippen LogP contribution in [0.2, 0.25) is 0 Å². The van der Waals surface area contributed by atoms with Crippen molar-refractivity contribution in [2.24, 2.45) is 0 Å². The van der Waals surface area contributed by atoms with Gasteiger partial charge in [-0.2, -0.15) is 15.8 Å². The number of rotatable bonds is 4. The van der Waals surface area contributed by atoms with Gasteiger partial charge in [0.1, 0.15) is 35.4 Å². The van der Waals surface area contributed by atoms with E-state index in [9.17, 15) is 0 Å². The van der Waals surface area contributed by atoms with E-state index in [-0.39, 0.29) is 11.3 Å². The second-order valence-corrected chi connectivity index (χ2v) is 3.31. The Morgan fingerprint density at radius 3 is 1.84 bits per heavy atom. The lowest BCUT2D eigenvalue weighted by Crippen LogP contribution is -2.01. The van der Waals surface area contributed by atoms with Crippen LogP contribution in [0, 0.1) is 34.0 Å². The smallest absolute Gasteiger partial charge is 0.163 e. The number of allylic oxidation sites excluding steroid dienone is 2. The predicted octanol–water partition coefficient (Wildman–Crippen LogP) is 1.94. The fourth-order valence-corrected chi connectivity index (χ4v) is 1.31. The highest BCUT2D eigenvalue weighted by molar-refractivity contribution is 5.62. The molecule has 0 heterocycles. The minimum absolute atomic E-state index is 0.125. The Labute approximate surface area is 110 Å². The van der Waals surface area contributed by atoms with Crippen LogP contribution in [-0.4, -0.2) is 14.2 Å². The number of methoxy groups -OCH3 is 2. The summed E-state index contributed by atoms with van der Waals surface area (Å²) >= 11 is 0. The lowest BCUT2D eigenvalue weighted by Gasteiger charge is -2.09. The summed E-state index contributed by atoms with van der Waals surface area (Å²) in [6, 6.07) is 9.97. The summed E-state index contributed by atoms with van der Waals surface area (Å²) in [4.78, 5) is 0. The average molecular weight is 254 g/mol. The van der Waals surface area contributed by atoms with Gasteiger partial charge < -0.3 is 14.8 Å². The van der Waals surface area contributed by atoms with Crippen LogP contribution in [0.1, 0.15) is 0 Å². The van der Waals surface area contributed by atoms with Gasteiger partial charge in [0.15, 0.2) is 5.57 Å². The zero-order chi connectivity index (χ0) is 14.3. The number of ether oxygens (including phenoxy) is 2. The van der Waals surface area contributed by atoms with Crippen LogP contribution in [0.15, 0.2) is 29.5 Å². The molecule has 1 N–H and O–H groups in total. The van der Waals surface area contributed by atoms with E-state index in [1.807, 2.05) is 0 Å². The minimum Gasteiger partial charge on any atom is -0.497 e. The van der Waals surface area contributed by atoms with Gasteiger partial charge in [0.25, 0.3) is 0 Å². The van der Waals surface area contributed by atoms with Gasteiger partial charge in [-0.05, 0) is 0 Å². The molecule has 19 heavy (non-hydrogen) atoms. The van der Waals surface area contributed by atoms with Crippen molar-refractivity contribution in [1.29, 1.82) is 15.8 Å². The van der Waals surface area contributed by atoms with E-state index in [1.165, 1.54) is 14.2 Å². The van der Waals surface area contributed by atoms with Gasteiger partial charge >= 0.3 is 0 Å². The molecule has 0 aliphatic carbocycles. The van der Waals surface area contributed by atoms with Gasteiger partial charge in [0.05, 0.1) is 14.2 Å². The van der Waals surface area contributed by atoms with Crippen molar-refractivity contribution in [3.8, 4) is 29.7 Å². The Kier molecular flexibility index (Phi) is 4.78. The number of benzene rings is 1. The average Bonchev–Trinajstić information content (AvgIpc) is 2.46. The molecular weight excluding hydrogens is 244 g/mol. The van der Waals surface area contributed by atoms with Gasteiger partial charge in [0, 0.05) is 23.9 Å². The van der Waals surface area contributed by atoms with E-state index >= 15 is 0 Å². The van der Waals surface area contributed by atoms with Gasteiger partial charge in [-0.1, -0.05) is 0 Å². The summed E-state index contributed by atoms with van der Waals surface area (Å²) in [6.45, 7) is 0. The zero-order valence-corrected chi connectivity index (χ0v) is 10.4. The van der Waals surface area contributed by atoms with Crippen molar-refractivity contribution >= 4 is 5.69 Å². The molecule has 0 bridgehead atoms. The first-order chi connectivity index (χ1) is 9.18. The molecule has 6 heteroatoms. The van der Waals surface area contributed by atoms with E-state index in [1.54, 1.807) is 36.4 Å². The lowest BCUT2D eigenvalue weighted by molar-refractivity contribution is 0.395. The molecule has 94 valence electrons.